The number of hydrogen-bond donors (Lipinski definition) is 0. The van der Waals surface area contributed by atoms with Gasteiger partial charge in [-0.05, 0) is 10.6 Å². The van der Waals surface area contributed by atoms with Crippen molar-refractivity contribution in [1.29, 1.82) is 0 Å². The van der Waals surface area contributed by atoms with Crippen LogP contribution in [0.4, 0.5) is 13.2 Å². The summed E-state index contributed by atoms with van der Waals surface area (Å²) in [5.41, 5.74) is 0.587. The predicted molar refractivity (Wildman–Crippen MR) is 63.8 cm³/mol. The third-order valence-electron chi connectivity index (χ3n) is 2.77. The molecule has 0 amide bonds. The van der Waals surface area contributed by atoms with Crippen LogP contribution < -0.4 is 0 Å². The summed E-state index contributed by atoms with van der Waals surface area (Å²) < 4.78 is 39.1. The van der Waals surface area contributed by atoms with E-state index in [1.807, 2.05) is 0 Å². The Hall–Kier alpha value is -2.32. The number of hydrazone groups is 1. The SMILES string of the molecule is CC1=NN(Cc2ccccc2)C(C(F)(F)F)N1[N+](=O)[O-]. The third-order valence-corrected chi connectivity index (χ3v) is 2.77. The maximum atomic E-state index is 13.0. The quantitative estimate of drug-likeness (QED) is 0.632. The maximum Gasteiger partial charge on any atom is 0.435 e. The number of alkyl halides is 3. The van der Waals surface area contributed by atoms with Gasteiger partial charge in [0, 0.05) is 6.92 Å². The van der Waals surface area contributed by atoms with Crippen molar-refractivity contribution < 1.29 is 18.2 Å². The first-order valence-corrected chi connectivity index (χ1v) is 5.66. The van der Waals surface area contributed by atoms with Crippen molar-refractivity contribution in [2.45, 2.75) is 25.8 Å². The summed E-state index contributed by atoms with van der Waals surface area (Å²) in [5, 5.41) is 14.0. The Balaban J connectivity index is 2.29. The summed E-state index contributed by atoms with van der Waals surface area (Å²) in [4.78, 5) is 10.8. The fourth-order valence-electron chi connectivity index (χ4n) is 2.00. The fraction of sp³-hybridized carbons (Fsp3) is 0.364. The van der Waals surface area contributed by atoms with Gasteiger partial charge in [-0.15, -0.1) is 0 Å². The van der Waals surface area contributed by atoms with Crippen molar-refractivity contribution in [3.63, 3.8) is 0 Å². The molecule has 1 atom stereocenters. The predicted octanol–water partition coefficient (Wildman–Crippen LogP) is 2.22. The molecule has 0 saturated carbocycles. The highest BCUT2D eigenvalue weighted by Crippen LogP contribution is 2.32. The molecule has 108 valence electrons. The van der Waals surface area contributed by atoms with E-state index in [0.717, 1.165) is 0 Å². The van der Waals surface area contributed by atoms with E-state index in [2.05, 4.69) is 5.10 Å². The molecule has 1 aromatic carbocycles. The Kier molecular flexibility index (Phi) is 3.51. The lowest BCUT2D eigenvalue weighted by Gasteiger charge is -2.26. The lowest BCUT2D eigenvalue weighted by atomic mass is 10.2. The van der Waals surface area contributed by atoms with Crippen LogP contribution in [0.1, 0.15) is 12.5 Å². The van der Waals surface area contributed by atoms with E-state index >= 15 is 0 Å². The van der Waals surface area contributed by atoms with E-state index in [9.17, 15) is 23.3 Å². The van der Waals surface area contributed by atoms with Gasteiger partial charge in [-0.2, -0.15) is 18.3 Å². The first-order valence-electron chi connectivity index (χ1n) is 5.66. The number of nitrogens with zero attached hydrogens (tertiary/aromatic N) is 4. The van der Waals surface area contributed by atoms with Gasteiger partial charge >= 0.3 is 6.18 Å². The van der Waals surface area contributed by atoms with Crippen LogP contribution in [0.2, 0.25) is 0 Å². The fourth-order valence-corrected chi connectivity index (χ4v) is 2.00. The van der Waals surface area contributed by atoms with Crippen LogP contribution in [0.15, 0.2) is 35.4 Å². The number of rotatable bonds is 3. The molecule has 0 fully saturated rings. The molecule has 20 heavy (non-hydrogen) atoms. The van der Waals surface area contributed by atoms with Gasteiger partial charge in [0.1, 0.15) is 0 Å². The summed E-state index contributed by atoms with van der Waals surface area (Å²) in [6.07, 6.45) is -7.18. The highest BCUT2D eigenvalue weighted by atomic mass is 19.4. The van der Waals surface area contributed by atoms with Crippen LogP contribution in [-0.4, -0.2) is 33.2 Å². The van der Waals surface area contributed by atoms with E-state index < -0.39 is 17.4 Å². The Bertz CT molecular complexity index is 532. The highest BCUT2D eigenvalue weighted by Gasteiger charge is 2.57. The molecule has 0 aliphatic carbocycles. The van der Waals surface area contributed by atoms with Crippen molar-refractivity contribution in [1.82, 2.24) is 10.0 Å². The Morgan fingerprint density at radius 1 is 1.35 bits per heavy atom. The molecule has 0 aromatic heterocycles. The molecule has 9 heteroatoms. The summed E-state index contributed by atoms with van der Waals surface area (Å²) in [6, 6.07) is 8.35. The van der Waals surface area contributed by atoms with Crippen LogP contribution in [0.5, 0.6) is 0 Å². The molecule has 1 heterocycles. The normalized spacial score (nSPS) is 19.2. The topological polar surface area (TPSA) is 62.0 Å². The van der Waals surface area contributed by atoms with E-state index in [1.54, 1.807) is 30.3 Å². The minimum Gasteiger partial charge on any atom is -0.254 e. The van der Waals surface area contributed by atoms with Gasteiger partial charge in [-0.1, -0.05) is 30.3 Å². The third kappa shape index (κ3) is 2.65. The molecule has 1 aliphatic heterocycles. The summed E-state index contributed by atoms with van der Waals surface area (Å²) in [6.45, 7) is 1.01. The molecule has 0 N–H and O–H groups in total. The van der Waals surface area contributed by atoms with Crippen LogP contribution >= 0.6 is 0 Å². The van der Waals surface area contributed by atoms with Crippen molar-refractivity contribution in [2.75, 3.05) is 0 Å². The standard InChI is InChI=1S/C11H11F3N4O2/c1-8-15-16(7-9-5-3-2-4-6-9)10(11(12,13)14)17(8)18(19)20/h2-6,10H,7H2,1H3. The lowest BCUT2D eigenvalue weighted by Crippen LogP contribution is -2.53. The van der Waals surface area contributed by atoms with E-state index in [0.29, 0.717) is 10.6 Å². The van der Waals surface area contributed by atoms with Crippen LogP contribution in [0, 0.1) is 10.1 Å². The molecule has 0 radical (unpaired) electrons. The highest BCUT2D eigenvalue weighted by molar-refractivity contribution is 5.79. The zero-order chi connectivity index (χ0) is 14.9. The molecular weight excluding hydrogens is 277 g/mol. The van der Waals surface area contributed by atoms with E-state index in [4.69, 9.17) is 0 Å². The number of hydrogen-bond acceptors (Lipinski definition) is 4. The van der Waals surface area contributed by atoms with Crippen LogP contribution in [-0.2, 0) is 6.54 Å². The molecular formula is C11H11F3N4O2. The average molecular weight is 288 g/mol. The number of amidine groups is 1. The van der Waals surface area contributed by atoms with Gasteiger partial charge < -0.3 is 0 Å². The zero-order valence-electron chi connectivity index (χ0n) is 10.4. The van der Waals surface area contributed by atoms with Gasteiger partial charge in [0.25, 0.3) is 6.17 Å². The minimum atomic E-state index is -4.79. The smallest absolute Gasteiger partial charge is 0.254 e. The average Bonchev–Trinajstić information content (AvgIpc) is 2.67. The molecule has 0 saturated heterocycles. The Labute approximate surface area is 112 Å². The molecule has 1 aliphatic rings. The number of halogens is 3. The summed E-state index contributed by atoms with van der Waals surface area (Å²) in [5.74, 6) is -0.298. The van der Waals surface area contributed by atoms with E-state index in [1.165, 1.54) is 6.92 Å². The number of benzene rings is 1. The van der Waals surface area contributed by atoms with Crippen LogP contribution in [0.3, 0.4) is 0 Å². The van der Waals surface area contributed by atoms with Gasteiger partial charge in [0.2, 0.25) is 0 Å². The monoisotopic (exact) mass is 288 g/mol. The van der Waals surface area contributed by atoms with Crippen molar-refractivity contribution in [2.24, 2.45) is 5.10 Å². The maximum absolute atomic E-state index is 13.0. The van der Waals surface area contributed by atoms with Crippen molar-refractivity contribution in [3.8, 4) is 0 Å². The second-order valence-corrected chi connectivity index (χ2v) is 4.23. The van der Waals surface area contributed by atoms with Gasteiger partial charge in [-0.25, -0.2) is 10.1 Å². The number of hydrazine groups is 1. The summed E-state index contributed by atoms with van der Waals surface area (Å²) >= 11 is 0. The Morgan fingerprint density at radius 2 is 1.95 bits per heavy atom. The first-order chi connectivity index (χ1) is 9.30. The molecule has 6 nitrogen and oxygen atoms in total. The van der Waals surface area contributed by atoms with Gasteiger partial charge in [0.05, 0.1) is 6.54 Å². The second-order valence-electron chi connectivity index (χ2n) is 4.23. The zero-order valence-corrected chi connectivity index (χ0v) is 10.4. The molecule has 1 aromatic rings. The number of nitro groups is 1. The van der Waals surface area contributed by atoms with Gasteiger partial charge in [0.15, 0.2) is 10.9 Å². The lowest BCUT2D eigenvalue weighted by molar-refractivity contribution is -0.648. The Morgan fingerprint density at radius 3 is 2.45 bits per heavy atom. The first kappa shape index (κ1) is 14.1. The molecule has 0 spiro atoms. The minimum absolute atomic E-state index is 0.0307. The molecule has 0 bridgehead atoms. The molecule has 2 rings (SSSR count). The van der Waals surface area contributed by atoms with E-state index in [-0.39, 0.29) is 17.4 Å². The van der Waals surface area contributed by atoms with Crippen LogP contribution in [0.25, 0.3) is 0 Å². The molecule has 1 unspecified atom stereocenters. The second kappa shape index (κ2) is 4.99. The largest absolute Gasteiger partial charge is 0.435 e. The van der Waals surface area contributed by atoms with Crippen molar-refractivity contribution in [3.05, 3.63) is 46.0 Å². The van der Waals surface area contributed by atoms with Gasteiger partial charge in [-0.3, -0.25) is 5.01 Å². The van der Waals surface area contributed by atoms with Crippen molar-refractivity contribution >= 4 is 5.84 Å². The summed E-state index contributed by atoms with van der Waals surface area (Å²) in [7, 11) is 0.